The number of rotatable bonds is 7. The van der Waals surface area contributed by atoms with Gasteiger partial charge in [0.2, 0.25) is 0 Å². The van der Waals surface area contributed by atoms with Crippen LogP contribution in [-0.2, 0) is 6.42 Å². The Morgan fingerprint density at radius 1 is 1.44 bits per heavy atom. The van der Waals surface area contributed by atoms with Gasteiger partial charge in [-0.2, -0.15) is 0 Å². The molecule has 0 aliphatic rings. The van der Waals surface area contributed by atoms with E-state index >= 15 is 0 Å². The molecular formula is C12H20IN3. The minimum absolute atomic E-state index is 0.604. The molecule has 16 heavy (non-hydrogen) atoms. The highest BCUT2D eigenvalue weighted by Gasteiger charge is 2.12. The van der Waals surface area contributed by atoms with Gasteiger partial charge in [-0.25, -0.2) is 3.11 Å². The topological polar surface area (TPSA) is 42.1 Å². The largest absolute Gasteiger partial charge is 0.330 e. The van der Waals surface area contributed by atoms with Gasteiger partial charge in [-0.05, 0) is 43.5 Å². The van der Waals surface area contributed by atoms with E-state index in [1.165, 1.54) is 5.56 Å². The monoisotopic (exact) mass is 333 g/mol. The summed E-state index contributed by atoms with van der Waals surface area (Å²) in [6.45, 7) is 4.06. The van der Waals surface area contributed by atoms with Crippen molar-refractivity contribution >= 4 is 22.9 Å². The van der Waals surface area contributed by atoms with Crippen molar-refractivity contribution in [3.05, 3.63) is 30.1 Å². The second-order valence-corrected chi connectivity index (χ2v) is 5.11. The molecule has 0 aliphatic carbocycles. The van der Waals surface area contributed by atoms with Crippen LogP contribution < -0.4 is 5.73 Å². The zero-order valence-corrected chi connectivity index (χ0v) is 11.9. The van der Waals surface area contributed by atoms with Gasteiger partial charge in [-0.15, -0.1) is 0 Å². The fraction of sp³-hybridized carbons (Fsp3) is 0.583. The third-order valence-electron chi connectivity index (χ3n) is 2.73. The zero-order valence-electron chi connectivity index (χ0n) is 9.77. The lowest BCUT2D eigenvalue weighted by atomic mass is 10.1. The van der Waals surface area contributed by atoms with E-state index in [-0.39, 0.29) is 0 Å². The van der Waals surface area contributed by atoms with Crippen LogP contribution in [0, 0.1) is 0 Å². The zero-order chi connectivity index (χ0) is 11.8. The average Bonchev–Trinajstić information content (AvgIpc) is 2.34. The average molecular weight is 333 g/mol. The van der Waals surface area contributed by atoms with Gasteiger partial charge >= 0.3 is 0 Å². The fourth-order valence-electron chi connectivity index (χ4n) is 1.70. The van der Waals surface area contributed by atoms with Crippen LogP contribution in [0.3, 0.4) is 0 Å². The molecular weight excluding hydrogens is 313 g/mol. The highest BCUT2D eigenvalue weighted by molar-refractivity contribution is 14.1. The summed E-state index contributed by atoms with van der Waals surface area (Å²) in [5.74, 6) is 0. The molecule has 90 valence electrons. The molecule has 0 radical (unpaired) electrons. The first-order valence-corrected chi connectivity index (χ1v) is 6.75. The van der Waals surface area contributed by atoms with Gasteiger partial charge in [-0.3, -0.25) is 4.98 Å². The van der Waals surface area contributed by atoms with Gasteiger partial charge in [0.25, 0.3) is 0 Å². The molecule has 1 heterocycles. The first kappa shape index (κ1) is 13.9. The van der Waals surface area contributed by atoms with E-state index in [9.17, 15) is 0 Å². The molecule has 1 aromatic heterocycles. The summed E-state index contributed by atoms with van der Waals surface area (Å²) in [5.41, 5.74) is 6.96. The van der Waals surface area contributed by atoms with Crippen LogP contribution in [0.25, 0.3) is 0 Å². The predicted molar refractivity (Wildman–Crippen MR) is 76.4 cm³/mol. The smallest absolute Gasteiger partial charge is 0.0270 e. The maximum absolute atomic E-state index is 5.61. The normalized spacial score (nSPS) is 13.0. The maximum Gasteiger partial charge on any atom is 0.0270 e. The molecule has 3 nitrogen and oxygen atoms in total. The van der Waals surface area contributed by atoms with E-state index in [4.69, 9.17) is 5.73 Å². The highest BCUT2D eigenvalue weighted by atomic mass is 127. The molecule has 0 aliphatic heterocycles. The molecule has 0 bridgehead atoms. The summed E-state index contributed by atoms with van der Waals surface area (Å²) >= 11 is 2.42. The Labute approximate surface area is 112 Å². The summed E-state index contributed by atoms with van der Waals surface area (Å²) in [6.07, 6.45) is 7.02. The minimum Gasteiger partial charge on any atom is -0.330 e. The second kappa shape index (κ2) is 7.97. The number of aromatic nitrogens is 1. The Hall–Kier alpha value is -0.200. The molecule has 0 amide bonds. The summed E-state index contributed by atoms with van der Waals surface area (Å²) < 4.78 is 2.38. The first-order chi connectivity index (χ1) is 7.77. The van der Waals surface area contributed by atoms with Crippen molar-refractivity contribution in [2.75, 3.05) is 13.1 Å². The van der Waals surface area contributed by atoms with Gasteiger partial charge in [0.05, 0.1) is 0 Å². The molecule has 1 atom stereocenters. The van der Waals surface area contributed by atoms with Gasteiger partial charge in [-0.1, -0.05) is 6.92 Å². The molecule has 2 N–H and O–H groups in total. The number of hydrogen-bond donors (Lipinski definition) is 1. The summed E-state index contributed by atoms with van der Waals surface area (Å²) in [6, 6.07) is 4.76. The van der Waals surface area contributed by atoms with Crippen molar-refractivity contribution in [1.29, 1.82) is 0 Å². The Balaban J connectivity index is 2.36. The van der Waals surface area contributed by atoms with Crippen LogP contribution in [-0.4, -0.2) is 27.2 Å². The molecule has 1 unspecified atom stereocenters. The van der Waals surface area contributed by atoms with Crippen LogP contribution in [0.15, 0.2) is 24.5 Å². The van der Waals surface area contributed by atoms with Crippen molar-refractivity contribution < 1.29 is 0 Å². The van der Waals surface area contributed by atoms with Gasteiger partial charge < -0.3 is 5.73 Å². The van der Waals surface area contributed by atoms with E-state index in [0.717, 1.165) is 32.4 Å². The molecule has 1 aromatic rings. The maximum atomic E-state index is 5.61. The Morgan fingerprint density at radius 3 is 2.69 bits per heavy atom. The molecule has 0 spiro atoms. The van der Waals surface area contributed by atoms with Crippen molar-refractivity contribution in [2.45, 2.75) is 32.2 Å². The third-order valence-corrected chi connectivity index (χ3v) is 4.00. The number of nitrogens with two attached hydrogens (primary N) is 1. The summed E-state index contributed by atoms with van der Waals surface area (Å²) in [5, 5.41) is 0. The molecule has 0 fully saturated rings. The van der Waals surface area contributed by atoms with Crippen LogP contribution in [0.5, 0.6) is 0 Å². The quantitative estimate of drug-likeness (QED) is 0.615. The second-order valence-electron chi connectivity index (χ2n) is 3.87. The van der Waals surface area contributed by atoms with E-state index < -0.39 is 0 Å². The molecule has 1 rings (SSSR count). The van der Waals surface area contributed by atoms with E-state index in [1.54, 1.807) is 0 Å². The van der Waals surface area contributed by atoms with Crippen LogP contribution in [0.4, 0.5) is 0 Å². The Kier molecular flexibility index (Phi) is 6.91. The number of pyridine rings is 1. The van der Waals surface area contributed by atoms with E-state index in [2.05, 4.69) is 50.0 Å². The van der Waals surface area contributed by atoms with Crippen LogP contribution in [0.1, 0.15) is 25.3 Å². The van der Waals surface area contributed by atoms with Crippen molar-refractivity contribution in [2.24, 2.45) is 5.73 Å². The Morgan fingerprint density at radius 2 is 2.12 bits per heavy atom. The fourth-order valence-corrected chi connectivity index (χ4v) is 2.62. The van der Waals surface area contributed by atoms with E-state index in [1.807, 2.05) is 12.4 Å². The lowest BCUT2D eigenvalue weighted by Gasteiger charge is -2.24. The number of hydrogen-bond acceptors (Lipinski definition) is 3. The highest BCUT2D eigenvalue weighted by Crippen LogP contribution is 2.14. The lowest BCUT2D eigenvalue weighted by Crippen LogP contribution is -2.30. The summed E-state index contributed by atoms with van der Waals surface area (Å²) in [7, 11) is 0. The predicted octanol–water partition coefficient (Wildman–Crippen LogP) is 2.40. The van der Waals surface area contributed by atoms with Crippen molar-refractivity contribution in [3.8, 4) is 0 Å². The van der Waals surface area contributed by atoms with Gasteiger partial charge in [0.1, 0.15) is 0 Å². The molecule has 0 saturated carbocycles. The van der Waals surface area contributed by atoms with Crippen molar-refractivity contribution in [1.82, 2.24) is 8.10 Å². The SMILES string of the molecule is CCC(CCN)N(I)CCc1ccncc1. The molecule has 0 saturated heterocycles. The number of halogens is 1. The molecule has 4 heteroatoms. The lowest BCUT2D eigenvalue weighted by molar-refractivity contribution is 0.357. The Bertz CT molecular complexity index is 279. The van der Waals surface area contributed by atoms with Crippen LogP contribution in [0.2, 0.25) is 0 Å². The minimum atomic E-state index is 0.604. The standard InChI is InChI=1S/C12H20IN3/c1-2-12(3-7-14)16(13)10-6-11-4-8-15-9-5-11/h4-5,8-9,12H,2-3,6-7,10,14H2,1H3. The first-order valence-electron chi connectivity index (χ1n) is 5.79. The van der Waals surface area contributed by atoms with Crippen molar-refractivity contribution in [3.63, 3.8) is 0 Å². The third kappa shape index (κ3) is 4.76. The van der Waals surface area contributed by atoms with Gasteiger partial charge in [0.15, 0.2) is 0 Å². The van der Waals surface area contributed by atoms with Crippen LogP contribution >= 0.6 is 22.9 Å². The molecule has 0 aromatic carbocycles. The van der Waals surface area contributed by atoms with E-state index in [0.29, 0.717) is 6.04 Å². The van der Waals surface area contributed by atoms with Gasteiger partial charge in [0, 0.05) is 47.8 Å². The summed E-state index contributed by atoms with van der Waals surface area (Å²) in [4.78, 5) is 4.02. The number of nitrogens with zero attached hydrogens (tertiary/aromatic N) is 2.